The number of nitrogens with zero attached hydrogens (tertiary/aromatic N) is 1. The number of nitrogens with two attached hydrogens (primary N) is 1. The van der Waals surface area contributed by atoms with E-state index in [1.165, 1.54) is 17.9 Å². The number of methoxy groups -OCH3 is 1. The highest BCUT2D eigenvalue weighted by atomic mass is 32.2. The number of ether oxygens (including phenoxy) is 1. The highest BCUT2D eigenvalue weighted by molar-refractivity contribution is 7.99. The van der Waals surface area contributed by atoms with Gasteiger partial charge in [-0.3, -0.25) is 4.90 Å². The smallest absolute Gasteiger partial charge is 0.0480 e. The quantitative estimate of drug-likeness (QED) is 0.746. The summed E-state index contributed by atoms with van der Waals surface area (Å²) in [5.74, 6) is 2.54. The van der Waals surface area contributed by atoms with Crippen LogP contribution in [0.2, 0.25) is 0 Å². The van der Waals surface area contributed by atoms with Gasteiger partial charge in [0.2, 0.25) is 0 Å². The van der Waals surface area contributed by atoms with Gasteiger partial charge < -0.3 is 10.5 Å². The van der Waals surface area contributed by atoms with Crippen molar-refractivity contribution in [3.63, 3.8) is 0 Å². The van der Waals surface area contributed by atoms with E-state index in [1.54, 1.807) is 7.11 Å². The van der Waals surface area contributed by atoms with Gasteiger partial charge in [0.05, 0.1) is 0 Å². The van der Waals surface area contributed by atoms with Gasteiger partial charge in [-0.15, -0.1) is 0 Å². The first-order valence-corrected chi connectivity index (χ1v) is 6.79. The van der Waals surface area contributed by atoms with E-state index >= 15 is 0 Å². The lowest BCUT2D eigenvalue weighted by Crippen LogP contribution is -2.54. The summed E-state index contributed by atoms with van der Waals surface area (Å²) in [5, 5.41) is 0. The van der Waals surface area contributed by atoms with Crippen molar-refractivity contribution in [3.8, 4) is 0 Å². The molecule has 0 aromatic heterocycles. The summed E-state index contributed by atoms with van der Waals surface area (Å²) in [6.07, 6.45) is 2.31. The number of rotatable bonds is 6. The second-order valence-corrected chi connectivity index (χ2v) is 5.72. The SMILES string of the molecule is COCCC(C)(CN)N(C)C1CCSC1. The Bertz CT molecular complexity index is 185. The minimum absolute atomic E-state index is 0.0889. The van der Waals surface area contributed by atoms with E-state index in [0.29, 0.717) is 12.6 Å². The molecule has 0 spiro atoms. The van der Waals surface area contributed by atoms with Gasteiger partial charge in [-0.05, 0) is 32.6 Å². The maximum Gasteiger partial charge on any atom is 0.0480 e. The second kappa shape index (κ2) is 6.09. The van der Waals surface area contributed by atoms with Crippen molar-refractivity contribution in [3.05, 3.63) is 0 Å². The average molecular weight is 232 g/mol. The highest BCUT2D eigenvalue weighted by Gasteiger charge is 2.33. The third-order valence-corrected chi connectivity index (χ3v) is 4.73. The molecule has 0 aromatic carbocycles. The maximum absolute atomic E-state index is 5.91. The molecule has 1 heterocycles. The number of thioether (sulfide) groups is 1. The first-order valence-electron chi connectivity index (χ1n) is 5.64. The van der Waals surface area contributed by atoms with Gasteiger partial charge in [-0.1, -0.05) is 0 Å². The Hall–Kier alpha value is 0.230. The third-order valence-electron chi connectivity index (χ3n) is 3.59. The zero-order valence-electron chi connectivity index (χ0n) is 10.2. The van der Waals surface area contributed by atoms with Crippen LogP contribution in [0.4, 0.5) is 0 Å². The second-order valence-electron chi connectivity index (χ2n) is 4.57. The molecular formula is C11H24N2OS. The topological polar surface area (TPSA) is 38.5 Å². The summed E-state index contributed by atoms with van der Waals surface area (Å²) in [5.41, 5.74) is 6.00. The van der Waals surface area contributed by atoms with Crippen molar-refractivity contribution >= 4 is 11.8 Å². The normalized spacial score (nSPS) is 25.8. The molecule has 4 heteroatoms. The molecule has 0 saturated carbocycles. The van der Waals surface area contributed by atoms with Crippen LogP contribution in [0.15, 0.2) is 0 Å². The molecule has 2 unspecified atom stereocenters. The first-order chi connectivity index (χ1) is 7.14. The molecule has 1 rings (SSSR count). The Kier molecular flexibility index (Phi) is 5.39. The Labute approximate surface area is 97.7 Å². The molecular weight excluding hydrogens is 208 g/mol. The average Bonchev–Trinajstić information content (AvgIpc) is 2.78. The van der Waals surface area contributed by atoms with E-state index in [-0.39, 0.29) is 5.54 Å². The van der Waals surface area contributed by atoms with Crippen LogP contribution < -0.4 is 5.73 Å². The fraction of sp³-hybridized carbons (Fsp3) is 1.00. The number of likely N-dealkylation sites (N-methyl/N-ethyl adjacent to an activating group) is 1. The summed E-state index contributed by atoms with van der Waals surface area (Å²) in [7, 11) is 3.96. The first kappa shape index (κ1) is 13.3. The van der Waals surface area contributed by atoms with E-state index in [1.807, 2.05) is 11.8 Å². The zero-order valence-corrected chi connectivity index (χ0v) is 11.0. The van der Waals surface area contributed by atoms with Crippen LogP contribution in [0, 0.1) is 0 Å². The molecule has 0 bridgehead atoms. The minimum atomic E-state index is 0.0889. The van der Waals surface area contributed by atoms with E-state index in [4.69, 9.17) is 10.5 Å². The molecule has 0 radical (unpaired) electrons. The lowest BCUT2D eigenvalue weighted by Gasteiger charge is -2.41. The zero-order chi connectivity index (χ0) is 11.3. The van der Waals surface area contributed by atoms with Gasteiger partial charge in [0.15, 0.2) is 0 Å². The molecule has 1 saturated heterocycles. The van der Waals surface area contributed by atoms with Crippen LogP contribution in [0.25, 0.3) is 0 Å². The van der Waals surface area contributed by atoms with Gasteiger partial charge in [0, 0.05) is 37.6 Å². The van der Waals surface area contributed by atoms with Crippen molar-refractivity contribution in [1.82, 2.24) is 4.90 Å². The molecule has 1 aliphatic rings. The summed E-state index contributed by atoms with van der Waals surface area (Å²) in [6, 6.07) is 0.695. The lowest BCUT2D eigenvalue weighted by atomic mass is 9.94. The molecule has 2 N–H and O–H groups in total. The largest absolute Gasteiger partial charge is 0.385 e. The van der Waals surface area contributed by atoms with Gasteiger partial charge >= 0.3 is 0 Å². The molecule has 0 amide bonds. The van der Waals surface area contributed by atoms with Crippen molar-refractivity contribution in [2.75, 3.05) is 38.8 Å². The monoisotopic (exact) mass is 232 g/mol. The van der Waals surface area contributed by atoms with Crippen molar-refractivity contribution in [2.45, 2.75) is 31.3 Å². The maximum atomic E-state index is 5.91. The van der Waals surface area contributed by atoms with Crippen molar-refractivity contribution in [2.24, 2.45) is 5.73 Å². The van der Waals surface area contributed by atoms with Crippen molar-refractivity contribution < 1.29 is 4.74 Å². The van der Waals surface area contributed by atoms with Gasteiger partial charge in [0.25, 0.3) is 0 Å². The Morgan fingerprint density at radius 3 is 2.80 bits per heavy atom. The summed E-state index contributed by atoms with van der Waals surface area (Å²) in [6.45, 7) is 3.74. The van der Waals surface area contributed by atoms with Gasteiger partial charge in [0.1, 0.15) is 0 Å². The van der Waals surface area contributed by atoms with Crippen LogP contribution in [0.1, 0.15) is 19.8 Å². The third kappa shape index (κ3) is 3.34. The fourth-order valence-corrected chi connectivity index (χ4v) is 3.28. The van der Waals surface area contributed by atoms with Crippen LogP contribution in [-0.2, 0) is 4.74 Å². The lowest BCUT2D eigenvalue weighted by molar-refractivity contribution is 0.0642. The molecule has 1 fully saturated rings. The molecule has 15 heavy (non-hydrogen) atoms. The molecule has 3 nitrogen and oxygen atoms in total. The molecule has 90 valence electrons. The van der Waals surface area contributed by atoms with Gasteiger partial charge in [-0.2, -0.15) is 11.8 Å². The van der Waals surface area contributed by atoms with E-state index in [9.17, 15) is 0 Å². The predicted molar refractivity (Wildman–Crippen MR) is 67.4 cm³/mol. The minimum Gasteiger partial charge on any atom is -0.385 e. The van der Waals surface area contributed by atoms with Crippen LogP contribution in [-0.4, -0.2) is 55.3 Å². The van der Waals surface area contributed by atoms with E-state index < -0.39 is 0 Å². The van der Waals surface area contributed by atoms with Crippen LogP contribution in [0.5, 0.6) is 0 Å². The molecule has 0 aromatic rings. The highest BCUT2D eigenvalue weighted by Crippen LogP contribution is 2.28. The molecule has 2 atom stereocenters. The van der Waals surface area contributed by atoms with Crippen LogP contribution in [0.3, 0.4) is 0 Å². The van der Waals surface area contributed by atoms with E-state index in [2.05, 4.69) is 18.9 Å². The Morgan fingerprint density at radius 1 is 1.60 bits per heavy atom. The van der Waals surface area contributed by atoms with Crippen LogP contribution >= 0.6 is 11.8 Å². The molecule has 0 aliphatic carbocycles. The Balaban J connectivity index is 2.53. The molecule has 1 aliphatic heterocycles. The van der Waals surface area contributed by atoms with E-state index in [0.717, 1.165) is 13.0 Å². The fourth-order valence-electron chi connectivity index (χ4n) is 2.01. The number of hydrogen-bond acceptors (Lipinski definition) is 4. The number of hydrogen-bond donors (Lipinski definition) is 1. The Morgan fingerprint density at radius 2 is 2.33 bits per heavy atom. The summed E-state index contributed by atoms with van der Waals surface area (Å²) >= 11 is 2.05. The van der Waals surface area contributed by atoms with Gasteiger partial charge in [-0.25, -0.2) is 0 Å². The standard InChI is InChI=1S/C11H24N2OS/c1-11(9-12,5-6-14-3)13(2)10-4-7-15-8-10/h10H,4-9,12H2,1-3H3. The predicted octanol–water partition coefficient (Wildman–Crippen LogP) is 1.18. The summed E-state index contributed by atoms with van der Waals surface area (Å²) < 4.78 is 5.16. The summed E-state index contributed by atoms with van der Waals surface area (Å²) in [4.78, 5) is 2.46. The van der Waals surface area contributed by atoms with Crippen molar-refractivity contribution in [1.29, 1.82) is 0 Å².